The van der Waals surface area contributed by atoms with Crippen LogP contribution in [0.3, 0.4) is 0 Å². The molecule has 1 saturated heterocycles. The lowest BCUT2D eigenvalue weighted by Gasteiger charge is -2.33. The molecule has 1 aliphatic heterocycles. The Morgan fingerprint density at radius 1 is 1.05 bits per heavy atom. The number of rotatable bonds is 3. The first-order valence-electron chi connectivity index (χ1n) is 7.09. The molecule has 0 N–H and O–H groups in total. The van der Waals surface area contributed by atoms with E-state index in [1.807, 2.05) is 24.0 Å². The molecule has 22 heavy (non-hydrogen) atoms. The molecule has 1 aromatic carbocycles. The zero-order valence-corrected chi connectivity index (χ0v) is 13.4. The molecule has 2 heterocycles. The van der Waals surface area contributed by atoms with Gasteiger partial charge in [0.2, 0.25) is 15.9 Å². The molecule has 2 aromatic rings. The monoisotopic (exact) mass is 322 g/mol. The minimum absolute atomic E-state index is 0.372. The molecule has 3 rings (SSSR count). The third-order valence-electron chi connectivity index (χ3n) is 3.74. The second-order valence-electron chi connectivity index (χ2n) is 5.26. The van der Waals surface area contributed by atoms with E-state index >= 15 is 0 Å². The molecule has 0 amide bonds. The topological polar surface area (TPSA) is 79.5 Å². The number of nitrogens with zero attached hydrogens (tertiary/aromatic N) is 4. The quantitative estimate of drug-likeness (QED) is 0.845. The SMILES string of the molecule is Cc1nnc(N2CCN(S(=O)(=O)c3ccccc3C)CC2)o1. The van der Waals surface area contributed by atoms with Gasteiger partial charge in [0.1, 0.15) is 0 Å². The summed E-state index contributed by atoms with van der Waals surface area (Å²) in [5, 5.41) is 7.77. The third-order valence-corrected chi connectivity index (χ3v) is 5.79. The Bertz CT molecular complexity index is 764. The van der Waals surface area contributed by atoms with Gasteiger partial charge in [0.05, 0.1) is 4.90 Å². The number of aromatic nitrogens is 2. The lowest BCUT2D eigenvalue weighted by Crippen LogP contribution is -2.48. The largest absolute Gasteiger partial charge is 0.408 e. The zero-order valence-electron chi connectivity index (χ0n) is 12.6. The first kappa shape index (κ1) is 15.0. The van der Waals surface area contributed by atoms with Crippen LogP contribution in [0.4, 0.5) is 6.01 Å². The maximum atomic E-state index is 12.7. The fraction of sp³-hybridized carbons (Fsp3) is 0.429. The predicted octanol–water partition coefficient (Wildman–Crippen LogP) is 1.20. The minimum Gasteiger partial charge on any atom is -0.408 e. The summed E-state index contributed by atoms with van der Waals surface area (Å²) in [6.45, 7) is 5.41. The van der Waals surface area contributed by atoms with Crippen molar-refractivity contribution in [3.63, 3.8) is 0 Å². The molecule has 118 valence electrons. The maximum absolute atomic E-state index is 12.7. The van der Waals surface area contributed by atoms with E-state index in [9.17, 15) is 8.42 Å². The highest BCUT2D eigenvalue weighted by Crippen LogP contribution is 2.22. The van der Waals surface area contributed by atoms with Gasteiger partial charge in [-0.05, 0) is 18.6 Å². The van der Waals surface area contributed by atoms with E-state index in [1.54, 1.807) is 19.1 Å². The van der Waals surface area contributed by atoms with E-state index in [1.165, 1.54) is 4.31 Å². The Hall–Kier alpha value is -1.93. The molecule has 7 nitrogen and oxygen atoms in total. The van der Waals surface area contributed by atoms with E-state index in [4.69, 9.17) is 4.42 Å². The van der Waals surface area contributed by atoms with Gasteiger partial charge in [0.25, 0.3) is 0 Å². The Morgan fingerprint density at radius 3 is 2.32 bits per heavy atom. The lowest BCUT2D eigenvalue weighted by molar-refractivity contribution is 0.370. The summed E-state index contributed by atoms with van der Waals surface area (Å²) in [5.41, 5.74) is 0.762. The smallest absolute Gasteiger partial charge is 0.318 e. The summed E-state index contributed by atoms with van der Waals surface area (Å²) in [5.74, 6) is 0.505. The average Bonchev–Trinajstić information content (AvgIpc) is 2.94. The molecule has 0 bridgehead atoms. The maximum Gasteiger partial charge on any atom is 0.318 e. The van der Waals surface area contributed by atoms with Gasteiger partial charge in [0, 0.05) is 33.1 Å². The van der Waals surface area contributed by atoms with Crippen LogP contribution >= 0.6 is 0 Å². The van der Waals surface area contributed by atoms with Gasteiger partial charge in [0.15, 0.2) is 0 Å². The number of benzene rings is 1. The van der Waals surface area contributed by atoms with Crippen molar-refractivity contribution in [3.05, 3.63) is 35.7 Å². The number of aryl methyl sites for hydroxylation is 2. The molecule has 0 spiro atoms. The minimum atomic E-state index is -3.45. The van der Waals surface area contributed by atoms with E-state index in [0.717, 1.165) is 5.56 Å². The van der Waals surface area contributed by atoms with Crippen molar-refractivity contribution in [2.75, 3.05) is 31.1 Å². The summed E-state index contributed by atoms with van der Waals surface area (Å²) >= 11 is 0. The van der Waals surface area contributed by atoms with Gasteiger partial charge in [-0.15, -0.1) is 5.10 Å². The molecule has 8 heteroatoms. The fourth-order valence-electron chi connectivity index (χ4n) is 2.52. The Balaban J connectivity index is 1.75. The summed E-state index contributed by atoms with van der Waals surface area (Å²) in [6.07, 6.45) is 0. The van der Waals surface area contributed by atoms with Crippen LogP contribution in [0.1, 0.15) is 11.5 Å². The van der Waals surface area contributed by atoms with Crippen molar-refractivity contribution in [2.24, 2.45) is 0 Å². The highest BCUT2D eigenvalue weighted by molar-refractivity contribution is 7.89. The Morgan fingerprint density at radius 2 is 1.73 bits per heavy atom. The number of hydrogen-bond donors (Lipinski definition) is 0. The highest BCUT2D eigenvalue weighted by Gasteiger charge is 2.30. The van der Waals surface area contributed by atoms with Crippen LogP contribution in [0, 0.1) is 13.8 Å². The van der Waals surface area contributed by atoms with Gasteiger partial charge in [-0.3, -0.25) is 0 Å². The highest BCUT2D eigenvalue weighted by atomic mass is 32.2. The van der Waals surface area contributed by atoms with Gasteiger partial charge < -0.3 is 9.32 Å². The normalized spacial score (nSPS) is 16.9. The summed E-state index contributed by atoms with van der Waals surface area (Å²) in [7, 11) is -3.45. The predicted molar refractivity (Wildman–Crippen MR) is 81.2 cm³/mol. The van der Waals surface area contributed by atoms with Gasteiger partial charge >= 0.3 is 6.01 Å². The number of hydrogen-bond acceptors (Lipinski definition) is 6. The van der Waals surface area contributed by atoms with E-state index in [-0.39, 0.29) is 0 Å². The zero-order chi connectivity index (χ0) is 15.7. The van der Waals surface area contributed by atoms with Gasteiger partial charge in [-0.1, -0.05) is 23.3 Å². The summed E-state index contributed by atoms with van der Waals surface area (Å²) in [6, 6.07) is 7.50. The molecule has 1 fully saturated rings. The molecular weight excluding hydrogens is 304 g/mol. The Kier molecular flexibility index (Phi) is 3.88. The van der Waals surface area contributed by atoms with Crippen molar-refractivity contribution in [2.45, 2.75) is 18.7 Å². The average molecular weight is 322 g/mol. The number of anilines is 1. The fourth-order valence-corrected chi connectivity index (χ4v) is 4.17. The molecule has 0 saturated carbocycles. The molecule has 0 atom stereocenters. The van der Waals surface area contributed by atoms with Crippen molar-refractivity contribution < 1.29 is 12.8 Å². The van der Waals surface area contributed by atoms with Crippen molar-refractivity contribution in [1.82, 2.24) is 14.5 Å². The van der Waals surface area contributed by atoms with Gasteiger partial charge in [-0.25, -0.2) is 8.42 Å². The second-order valence-corrected chi connectivity index (χ2v) is 7.17. The standard InChI is InChI=1S/C14H18N4O3S/c1-11-5-3-4-6-13(11)22(19,20)18-9-7-17(8-10-18)14-16-15-12(2)21-14/h3-6H,7-10H2,1-2H3. The molecule has 0 aliphatic carbocycles. The van der Waals surface area contributed by atoms with Crippen LogP contribution in [0.15, 0.2) is 33.6 Å². The van der Waals surface area contributed by atoms with Crippen molar-refractivity contribution >= 4 is 16.0 Å². The lowest BCUT2D eigenvalue weighted by atomic mass is 10.2. The molecule has 0 radical (unpaired) electrons. The van der Waals surface area contributed by atoms with E-state index in [2.05, 4.69) is 10.2 Å². The third kappa shape index (κ3) is 2.71. The van der Waals surface area contributed by atoms with Crippen LogP contribution in [-0.4, -0.2) is 49.1 Å². The van der Waals surface area contributed by atoms with Crippen molar-refractivity contribution in [3.8, 4) is 0 Å². The summed E-state index contributed by atoms with van der Waals surface area (Å²) in [4.78, 5) is 2.28. The molecular formula is C14H18N4O3S. The first-order valence-corrected chi connectivity index (χ1v) is 8.53. The second kappa shape index (κ2) is 5.69. The number of sulfonamides is 1. The van der Waals surface area contributed by atoms with Gasteiger partial charge in [-0.2, -0.15) is 4.31 Å². The molecule has 1 aliphatic rings. The van der Waals surface area contributed by atoms with Crippen molar-refractivity contribution in [1.29, 1.82) is 0 Å². The Labute approximate surface area is 129 Å². The first-order chi connectivity index (χ1) is 10.5. The molecule has 0 unspecified atom stereocenters. The van der Waals surface area contributed by atoms with Crippen LogP contribution < -0.4 is 4.90 Å². The van der Waals surface area contributed by atoms with Crippen LogP contribution in [-0.2, 0) is 10.0 Å². The number of piperazine rings is 1. The summed E-state index contributed by atoms with van der Waals surface area (Å²) < 4.78 is 32.3. The van der Waals surface area contributed by atoms with Crippen LogP contribution in [0.2, 0.25) is 0 Å². The van der Waals surface area contributed by atoms with Crippen LogP contribution in [0.5, 0.6) is 0 Å². The van der Waals surface area contributed by atoms with E-state index < -0.39 is 10.0 Å². The molecule has 1 aromatic heterocycles. The van der Waals surface area contributed by atoms with E-state index in [0.29, 0.717) is 43.0 Å². The van der Waals surface area contributed by atoms with Crippen LogP contribution in [0.25, 0.3) is 0 Å².